The number of anilines is 3. The molecule has 0 aliphatic carbocycles. The average Bonchev–Trinajstić information content (AvgIpc) is 3.49. The van der Waals surface area contributed by atoms with Crippen LogP contribution in [0.4, 0.5) is 17.6 Å². The fourth-order valence-corrected chi connectivity index (χ4v) is 2.96. The van der Waals surface area contributed by atoms with Gasteiger partial charge in [0.1, 0.15) is 17.7 Å². The van der Waals surface area contributed by atoms with Crippen molar-refractivity contribution in [2.75, 3.05) is 17.2 Å². The number of nitrogen functional groups attached to an aromatic ring is 3. The van der Waals surface area contributed by atoms with E-state index in [1.165, 1.54) is 34.1 Å². The Morgan fingerprint density at radius 2 is 1.32 bits per heavy atom. The first-order chi connectivity index (χ1) is 19.4. The standard InChI is InChI=1S/C6H7N5O.C6H7N5.C5H7N3O.C5H6N2O2/c1-11-2-8-3-4(11)9-6(7)10-5(3)12;1-11-3-10-4-5(7)8-2-9-6(4)11;1-8-3-2-4(6)7-5(8)9;1-7-3-2-4(8)6-5(7)9/h2H,1H3,(H3,7,9,10,12);2-3H,1H3,(H2,7,8,9);2-3H,1H3,(H2,6,7,9);2-3H,1H3,(H,6,8,9). The van der Waals surface area contributed by atoms with Crippen LogP contribution in [0.2, 0.25) is 0 Å². The van der Waals surface area contributed by atoms with Gasteiger partial charge in [0.05, 0.1) is 12.7 Å². The van der Waals surface area contributed by atoms with Crippen LogP contribution in [0.3, 0.4) is 0 Å². The summed E-state index contributed by atoms with van der Waals surface area (Å²) in [5.74, 6) is 0.796. The second-order valence-corrected chi connectivity index (χ2v) is 8.23. The van der Waals surface area contributed by atoms with Crippen molar-refractivity contribution in [3.63, 3.8) is 0 Å². The maximum Gasteiger partial charge on any atom is 0.349 e. The van der Waals surface area contributed by atoms with Gasteiger partial charge in [0.2, 0.25) is 5.95 Å². The zero-order chi connectivity index (χ0) is 30.3. The van der Waals surface area contributed by atoms with Gasteiger partial charge in [-0.3, -0.25) is 19.6 Å². The molecule has 0 spiro atoms. The molecule has 0 bridgehead atoms. The van der Waals surface area contributed by atoms with Crippen molar-refractivity contribution in [2.24, 2.45) is 28.2 Å². The van der Waals surface area contributed by atoms with E-state index >= 15 is 0 Å². The number of H-pyrrole nitrogens is 2. The van der Waals surface area contributed by atoms with Crippen LogP contribution < -0.4 is 39.7 Å². The van der Waals surface area contributed by atoms with E-state index in [4.69, 9.17) is 17.2 Å². The van der Waals surface area contributed by atoms with Crippen molar-refractivity contribution in [1.82, 2.24) is 58.1 Å². The van der Waals surface area contributed by atoms with Crippen molar-refractivity contribution < 1.29 is 0 Å². The molecule has 6 rings (SSSR count). The van der Waals surface area contributed by atoms with Crippen molar-refractivity contribution in [1.29, 1.82) is 0 Å². The first kappa shape index (κ1) is 29.4. The Kier molecular flexibility index (Phi) is 9.04. The molecule has 0 aliphatic rings. The Hall–Kier alpha value is -6.14. The molecule has 6 aromatic heterocycles. The zero-order valence-corrected chi connectivity index (χ0v) is 22.4. The van der Waals surface area contributed by atoms with E-state index in [9.17, 15) is 19.2 Å². The van der Waals surface area contributed by atoms with E-state index in [2.05, 4.69) is 39.9 Å². The second kappa shape index (κ2) is 12.6. The third-order valence-corrected chi connectivity index (χ3v) is 5.11. The number of nitrogens with zero attached hydrogens (tertiary/aromatic N) is 10. The molecule has 214 valence electrons. The van der Waals surface area contributed by atoms with Gasteiger partial charge in [0.25, 0.3) is 11.1 Å². The highest BCUT2D eigenvalue weighted by Gasteiger charge is 2.05. The van der Waals surface area contributed by atoms with Crippen LogP contribution >= 0.6 is 0 Å². The Labute approximate surface area is 229 Å². The van der Waals surface area contributed by atoms with Gasteiger partial charge >= 0.3 is 11.4 Å². The predicted octanol–water partition coefficient (Wildman–Crippen LogP) is -2.38. The lowest BCUT2D eigenvalue weighted by Crippen LogP contribution is -2.26. The van der Waals surface area contributed by atoms with Gasteiger partial charge in [-0.15, -0.1) is 0 Å². The smallest absolute Gasteiger partial charge is 0.349 e. The summed E-state index contributed by atoms with van der Waals surface area (Å²) in [6.45, 7) is 0. The highest BCUT2D eigenvalue weighted by Crippen LogP contribution is 2.11. The minimum absolute atomic E-state index is 0.108. The van der Waals surface area contributed by atoms with Gasteiger partial charge in [-0.1, -0.05) is 0 Å². The van der Waals surface area contributed by atoms with Gasteiger partial charge in [0.15, 0.2) is 22.6 Å². The lowest BCUT2D eigenvalue weighted by molar-refractivity contribution is 0.799. The van der Waals surface area contributed by atoms with Gasteiger partial charge in [0, 0.05) is 46.7 Å². The number of aryl methyl sites for hydroxylation is 4. The van der Waals surface area contributed by atoms with Gasteiger partial charge in [-0.2, -0.15) is 9.97 Å². The molecule has 0 fully saturated rings. The van der Waals surface area contributed by atoms with E-state index in [-0.39, 0.29) is 34.3 Å². The summed E-state index contributed by atoms with van der Waals surface area (Å²) < 4.78 is 6.09. The molecule has 0 saturated heterocycles. The number of nitrogens with two attached hydrogens (primary N) is 3. The highest BCUT2D eigenvalue weighted by molar-refractivity contribution is 5.80. The summed E-state index contributed by atoms with van der Waals surface area (Å²) >= 11 is 0. The summed E-state index contributed by atoms with van der Waals surface area (Å²) in [6.07, 6.45) is 7.60. The first-order valence-corrected chi connectivity index (χ1v) is 11.5. The molecule has 0 saturated carbocycles. The molecular formula is C22H27N15O4. The lowest BCUT2D eigenvalue weighted by Gasteiger charge is -1.93. The van der Waals surface area contributed by atoms with Crippen molar-refractivity contribution in [3.05, 3.63) is 85.2 Å². The van der Waals surface area contributed by atoms with E-state index in [1.807, 2.05) is 7.05 Å². The number of rotatable bonds is 0. The molecule has 0 unspecified atom stereocenters. The molecule has 19 nitrogen and oxygen atoms in total. The fourth-order valence-electron chi connectivity index (χ4n) is 2.96. The second-order valence-electron chi connectivity index (χ2n) is 8.23. The van der Waals surface area contributed by atoms with Crippen LogP contribution in [0.1, 0.15) is 0 Å². The number of imidazole rings is 2. The normalized spacial score (nSPS) is 10.1. The summed E-state index contributed by atoms with van der Waals surface area (Å²) in [7, 11) is 6.80. The number of nitrogens with one attached hydrogen (secondary N) is 2. The van der Waals surface area contributed by atoms with E-state index in [1.54, 1.807) is 48.9 Å². The first-order valence-electron chi connectivity index (χ1n) is 11.5. The van der Waals surface area contributed by atoms with E-state index in [0.29, 0.717) is 22.5 Å². The van der Waals surface area contributed by atoms with E-state index < -0.39 is 0 Å². The lowest BCUT2D eigenvalue weighted by atomic mass is 10.5. The maximum absolute atomic E-state index is 11.2. The number of aromatic nitrogens is 12. The minimum atomic E-state index is -0.387. The average molecular weight is 566 g/mol. The molecule has 0 amide bonds. The van der Waals surface area contributed by atoms with E-state index in [0.717, 1.165) is 5.65 Å². The van der Waals surface area contributed by atoms with Gasteiger partial charge in [-0.25, -0.2) is 29.5 Å². The number of fused-ring (bicyclic) bond motifs is 2. The predicted molar refractivity (Wildman–Crippen MR) is 150 cm³/mol. The number of aromatic amines is 2. The third-order valence-electron chi connectivity index (χ3n) is 5.11. The fraction of sp³-hybridized carbons (Fsp3) is 0.182. The summed E-state index contributed by atoms with van der Waals surface area (Å²) in [5.41, 5.74) is 16.9. The molecule has 6 heterocycles. The SMILES string of the molecule is Cn1ccc(=O)[nH]c1=O.Cn1ccc(N)nc1=O.Cn1cnc2c(=O)[nH]c(N)nc21.Cn1cnc2c(N)ncnc21. The molecule has 8 N–H and O–H groups in total. The molecule has 41 heavy (non-hydrogen) atoms. The maximum atomic E-state index is 11.2. The third kappa shape index (κ3) is 7.46. The monoisotopic (exact) mass is 565 g/mol. The quantitative estimate of drug-likeness (QED) is 0.129. The number of hydrogen-bond donors (Lipinski definition) is 5. The van der Waals surface area contributed by atoms with Crippen molar-refractivity contribution >= 4 is 39.9 Å². The molecule has 0 aromatic carbocycles. The summed E-state index contributed by atoms with van der Waals surface area (Å²) in [4.78, 5) is 70.2. The Morgan fingerprint density at radius 1 is 0.683 bits per heavy atom. The zero-order valence-electron chi connectivity index (χ0n) is 22.4. The van der Waals surface area contributed by atoms with Crippen LogP contribution in [0.15, 0.2) is 62.7 Å². The van der Waals surface area contributed by atoms with Crippen molar-refractivity contribution in [3.8, 4) is 0 Å². The molecule has 0 aliphatic heterocycles. The Morgan fingerprint density at radius 3 is 1.90 bits per heavy atom. The topological polar surface area (TPSA) is 275 Å². The minimum Gasteiger partial charge on any atom is -0.383 e. The molecule has 0 atom stereocenters. The Bertz CT molecular complexity index is 2030. The molecular weight excluding hydrogens is 538 g/mol. The largest absolute Gasteiger partial charge is 0.383 e. The molecule has 6 aromatic rings. The molecule has 19 heteroatoms. The van der Waals surface area contributed by atoms with Crippen LogP contribution in [0, 0.1) is 0 Å². The van der Waals surface area contributed by atoms with Gasteiger partial charge in [-0.05, 0) is 6.07 Å². The summed E-state index contributed by atoms with van der Waals surface area (Å²) in [6, 6.07) is 2.86. The Balaban J connectivity index is 0.000000152. The van der Waals surface area contributed by atoms with Crippen molar-refractivity contribution in [2.45, 2.75) is 0 Å². The van der Waals surface area contributed by atoms with Crippen LogP contribution in [0.5, 0.6) is 0 Å². The van der Waals surface area contributed by atoms with Crippen LogP contribution in [-0.4, -0.2) is 58.1 Å². The highest BCUT2D eigenvalue weighted by atomic mass is 16.2. The summed E-state index contributed by atoms with van der Waals surface area (Å²) in [5, 5.41) is 0. The van der Waals surface area contributed by atoms with Gasteiger partial charge < -0.3 is 35.5 Å². The number of hydrogen-bond acceptors (Lipinski definition) is 13. The van der Waals surface area contributed by atoms with Crippen LogP contribution in [0.25, 0.3) is 22.3 Å². The molecule has 0 radical (unpaired) electrons. The van der Waals surface area contributed by atoms with Crippen LogP contribution in [-0.2, 0) is 28.2 Å².